The zero-order valence-corrected chi connectivity index (χ0v) is 23.8. The highest BCUT2D eigenvalue weighted by Crippen LogP contribution is 2.30. The van der Waals surface area contributed by atoms with Gasteiger partial charge in [-0.15, -0.1) is 11.3 Å². The van der Waals surface area contributed by atoms with Gasteiger partial charge in [-0.1, -0.05) is 56.3 Å². The predicted molar refractivity (Wildman–Crippen MR) is 153 cm³/mol. The van der Waals surface area contributed by atoms with Crippen LogP contribution in [-0.2, 0) is 14.9 Å². The molecule has 0 aliphatic carbocycles. The number of nitrogens with two attached hydrogens (primary N) is 2. The molecule has 2 aromatic carbocycles. The van der Waals surface area contributed by atoms with Crippen molar-refractivity contribution in [3.8, 4) is 11.1 Å². The summed E-state index contributed by atoms with van der Waals surface area (Å²) in [5.41, 5.74) is 10.6. The lowest BCUT2D eigenvalue weighted by Gasteiger charge is -2.27. The Bertz CT molecular complexity index is 1230. The van der Waals surface area contributed by atoms with Gasteiger partial charge in [-0.3, -0.25) is 10.1 Å². The number of benzene rings is 2. The maximum absolute atomic E-state index is 12.1. The molecule has 4 rings (SSSR count). The number of hydrogen-bond donors (Lipinski definition) is 3. The molecule has 0 radical (unpaired) electrons. The molecule has 1 aliphatic rings. The number of hydrogen-bond acceptors (Lipinski definition) is 7. The molecule has 1 saturated heterocycles. The summed E-state index contributed by atoms with van der Waals surface area (Å²) in [6.45, 7) is 8.76. The van der Waals surface area contributed by atoms with Crippen molar-refractivity contribution in [1.82, 2.24) is 5.32 Å². The maximum Gasteiger partial charge on any atom is 0.234 e. The molecule has 10 heteroatoms. The minimum Gasteiger partial charge on any atom is -0.748 e. The van der Waals surface area contributed by atoms with Gasteiger partial charge in [0.15, 0.2) is 0 Å². The Morgan fingerprint density at radius 1 is 1.05 bits per heavy atom. The van der Waals surface area contributed by atoms with Crippen molar-refractivity contribution >= 4 is 33.0 Å². The maximum atomic E-state index is 12.1. The number of carbonyl (C=O) groups excluding carboxylic acids is 1. The van der Waals surface area contributed by atoms with Gasteiger partial charge >= 0.3 is 0 Å². The minimum atomic E-state index is -3.92. The third-order valence-corrected chi connectivity index (χ3v) is 7.20. The van der Waals surface area contributed by atoms with Crippen LogP contribution in [0.25, 0.3) is 11.1 Å². The van der Waals surface area contributed by atoms with E-state index in [9.17, 15) is 4.79 Å². The van der Waals surface area contributed by atoms with Crippen LogP contribution in [0, 0.1) is 5.92 Å². The summed E-state index contributed by atoms with van der Waals surface area (Å²) in [4.78, 5) is 15.7. The molecule has 2 heterocycles. The van der Waals surface area contributed by atoms with E-state index in [0.29, 0.717) is 12.2 Å². The van der Waals surface area contributed by atoms with Gasteiger partial charge in [0, 0.05) is 16.8 Å². The van der Waals surface area contributed by atoms with Gasteiger partial charge in [0.25, 0.3) is 0 Å². The zero-order chi connectivity index (χ0) is 27.7. The summed E-state index contributed by atoms with van der Waals surface area (Å²) in [6, 6.07) is 21.3. The van der Waals surface area contributed by atoms with E-state index in [-0.39, 0.29) is 18.0 Å². The number of nitrogens with one attached hydrogen (secondary N) is 1. The third kappa shape index (κ3) is 9.52. The van der Waals surface area contributed by atoms with Crippen LogP contribution in [0.1, 0.15) is 36.8 Å². The quantitative estimate of drug-likeness (QED) is 0.346. The summed E-state index contributed by atoms with van der Waals surface area (Å²) >= 11 is 1.69. The second kappa shape index (κ2) is 13.9. The number of carbonyl (C=O) groups is 1. The highest BCUT2D eigenvalue weighted by Gasteiger charge is 2.24. The summed E-state index contributed by atoms with van der Waals surface area (Å²) in [6.07, 6.45) is 1.32. The molecule has 0 spiro atoms. The smallest absolute Gasteiger partial charge is 0.234 e. The Labute approximate surface area is 230 Å². The molecule has 0 saturated carbocycles. The molecule has 5 N–H and O–H groups in total. The Balaban J connectivity index is 0.000000732. The van der Waals surface area contributed by atoms with Crippen molar-refractivity contribution < 1.29 is 23.1 Å². The Morgan fingerprint density at radius 2 is 1.61 bits per heavy atom. The fourth-order valence-electron chi connectivity index (χ4n) is 4.48. The number of piperazine rings is 1. The molecule has 3 aromatic rings. The predicted octanol–water partition coefficient (Wildman–Crippen LogP) is 2.54. The van der Waals surface area contributed by atoms with Crippen LogP contribution >= 0.6 is 11.3 Å². The van der Waals surface area contributed by atoms with E-state index in [1.54, 1.807) is 11.3 Å². The number of primary amides is 1. The van der Waals surface area contributed by atoms with E-state index in [1.165, 1.54) is 21.7 Å². The molecule has 0 unspecified atom stereocenters. The van der Waals surface area contributed by atoms with Crippen molar-refractivity contribution in [2.45, 2.75) is 32.4 Å². The van der Waals surface area contributed by atoms with E-state index in [0.717, 1.165) is 38.2 Å². The second-order valence-electron chi connectivity index (χ2n) is 9.93. The Hall–Kier alpha value is -2.76. The van der Waals surface area contributed by atoms with Gasteiger partial charge in [0.1, 0.15) is 0 Å². The van der Waals surface area contributed by atoms with Gasteiger partial charge in [-0.25, -0.2) is 8.42 Å². The van der Waals surface area contributed by atoms with Gasteiger partial charge in [-0.05, 0) is 52.6 Å². The summed E-state index contributed by atoms with van der Waals surface area (Å²) in [7, 11) is -3.92. The van der Waals surface area contributed by atoms with E-state index < -0.39 is 10.1 Å². The first kappa shape index (κ1) is 29.8. The standard InChI is InChI=1S/C27H34N4OS.CH4O3S/c1-19(2)18-24(27(28)32)30-26(25-4-3-17-33-25)22-7-5-20(6-8-22)21-9-11-23(12-10-21)31-15-13-29-14-16-31;1-5(2,3)4/h3-12,17,19,24,26,29-30H,13-16,18H2,1-2H3,(H2,28,32);1H3,(H,2,3,4)/t24-,26-;/m0./s1. The largest absolute Gasteiger partial charge is 0.748 e. The lowest BCUT2D eigenvalue weighted by Crippen LogP contribution is -2.89. The molecule has 206 valence electrons. The number of rotatable bonds is 9. The molecule has 1 amide bonds. The van der Waals surface area contributed by atoms with Gasteiger partial charge in [-0.2, -0.15) is 0 Å². The molecule has 2 atom stereocenters. The number of anilines is 1. The van der Waals surface area contributed by atoms with Crippen LogP contribution in [0.5, 0.6) is 0 Å². The number of nitrogens with zero attached hydrogens (tertiary/aromatic N) is 1. The molecule has 38 heavy (non-hydrogen) atoms. The molecule has 1 fully saturated rings. The minimum absolute atomic E-state index is 0.0615. The normalized spacial score (nSPS) is 15.4. The van der Waals surface area contributed by atoms with Crippen molar-refractivity contribution in [2.75, 3.05) is 37.3 Å². The first-order chi connectivity index (χ1) is 18.0. The number of amides is 1. The fraction of sp³-hybridized carbons (Fsp3) is 0.393. The van der Waals surface area contributed by atoms with Crippen LogP contribution < -0.4 is 21.3 Å². The average molecular weight is 559 g/mol. The highest BCUT2D eigenvalue weighted by molar-refractivity contribution is 7.84. The first-order valence-electron chi connectivity index (χ1n) is 12.8. The first-order valence-corrected chi connectivity index (χ1v) is 15.5. The van der Waals surface area contributed by atoms with Crippen LogP contribution in [0.3, 0.4) is 0 Å². The van der Waals surface area contributed by atoms with E-state index >= 15 is 0 Å². The van der Waals surface area contributed by atoms with E-state index in [2.05, 4.69) is 89.4 Å². The van der Waals surface area contributed by atoms with E-state index in [1.807, 2.05) is 6.07 Å². The lowest BCUT2D eigenvalue weighted by molar-refractivity contribution is -0.655. The van der Waals surface area contributed by atoms with Gasteiger partial charge in [0.2, 0.25) is 5.91 Å². The van der Waals surface area contributed by atoms with Crippen molar-refractivity contribution in [1.29, 1.82) is 0 Å². The number of thiophene rings is 1. The monoisotopic (exact) mass is 558 g/mol. The molecule has 1 aliphatic heterocycles. The average Bonchev–Trinajstić information content (AvgIpc) is 3.41. The fourth-order valence-corrected chi connectivity index (χ4v) is 5.29. The Morgan fingerprint density at radius 3 is 2.08 bits per heavy atom. The topological polar surface area (TPSA) is 132 Å². The van der Waals surface area contributed by atoms with E-state index in [4.69, 9.17) is 18.7 Å². The molecular formula is C28H38N4O4S2. The van der Waals surface area contributed by atoms with Crippen LogP contribution in [0.15, 0.2) is 66.0 Å². The number of quaternary nitrogens is 1. The third-order valence-electron chi connectivity index (χ3n) is 6.26. The SMILES string of the molecule is CC(C)C[C@H](N[C@@H](c1ccc(-c2ccc(N3CC[NH2+]CC3)cc2)cc1)c1cccs1)C(N)=O.CS(=O)(=O)[O-]. The van der Waals surface area contributed by atoms with Gasteiger partial charge < -0.3 is 20.5 Å². The van der Waals surface area contributed by atoms with Gasteiger partial charge in [0.05, 0.1) is 48.4 Å². The highest BCUT2D eigenvalue weighted by atomic mass is 32.2. The zero-order valence-electron chi connectivity index (χ0n) is 22.2. The lowest BCUT2D eigenvalue weighted by atomic mass is 9.97. The second-order valence-corrected chi connectivity index (χ2v) is 12.3. The molecule has 8 nitrogen and oxygen atoms in total. The summed E-state index contributed by atoms with van der Waals surface area (Å²) < 4.78 is 27.2. The van der Waals surface area contributed by atoms with Crippen molar-refractivity contribution in [2.24, 2.45) is 11.7 Å². The van der Waals surface area contributed by atoms with Crippen molar-refractivity contribution in [3.63, 3.8) is 0 Å². The van der Waals surface area contributed by atoms with Crippen molar-refractivity contribution in [3.05, 3.63) is 76.5 Å². The summed E-state index contributed by atoms with van der Waals surface area (Å²) in [5.74, 6) is 0.0842. The molecular weight excluding hydrogens is 520 g/mol. The molecule has 1 aromatic heterocycles. The van der Waals surface area contributed by atoms with Crippen LogP contribution in [-0.4, -0.2) is 57.4 Å². The van der Waals surface area contributed by atoms with Crippen LogP contribution in [0.2, 0.25) is 0 Å². The summed E-state index contributed by atoms with van der Waals surface area (Å²) in [5, 5.41) is 7.98. The Kier molecular flexibility index (Phi) is 10.9. The van der Waals surface area contributed by atoms with Crippen LogP contribution in [0.4, 0.5) is 5.69 Å². The molecule has 0 bridgehead atoms.